The number of amides is 1. The van der Waals surface area contributed by atoms with E-state index in [0.29, 0.717) is 29.5 Å². The van der Waals surface area contributed by atoms with Crippen molar-refractivity contribution in [2.75, 3.05) is 25.0 Å². The second-order valence-electron chi connectivity index (χ2n) is 6.73. The Labute approximate surface area is 170 Å². The fourth-order valence-electron chi connectivity index (χ4n) is 3.06. The highest BCUT2D eigenvalue weighted by atomic mass is 35.5. The number of carbonyl (C=O) groups excluding carboxylic acids is 1. The Kier molecular flexibility index (Phi) is 6.59. The number of halogens is 1. The second-order valence-corrected chi connectivity index (χ2v) is 9.11. The van der Waals surface area contributed by atoms with Crippen LogP contribution in [0.2, 0.25) is 5.02 Å². The first-order chi connectivity index (χ1) is 13.4. The lowest BCUT2D eigenvalue weighted by Crippen LogP contribution is -2.35. The van der Waals surface area contributed by atoms with Gasteiger partial charge in [-0.2, -0.15) is 4.31 Å². The van der Waals surface area contributed by atoms with Crippen LogP contribution in [-0.2, 0) is 14.8 Å². The first-order valence-corrected chi connectivity index (χ1v) is 11.0. The molecule has 1 fully saturated rings. The van der Waals surface area contributed by atoms with E-state index in [1.165, 1.54) is 16.4 Å². The molecule has 0 saturated carbocycles. The predicted octanol–water partition coefficient (Wildman–Crippen LogP) is 3.84. The number of nitrogens with zero attached hydrogens (tertiary/aromatic N) is 1. The third-order valence-corrected chi connectivity index (χ3v) is 6.76. The fourth-order valence-corrected chi connectivity index (χ4v) is 4.81. The molecule has 0 atom stereocenters. The summed E-state index contributed by atoms with van der Waals surface area (Å²) in [5, 5.41) is 3.36. The maximum Gasteiger partial charge on any atom is 0.262 e. The molecule has 1 N–H and O–H groups in total. The number of piperidine rings is 1. The molecule has 0 spiro atoms. The molecule has 2 aromatic carbocycles. The smallest absolute Gasteiger partial charge is 0.262 e. The number of rotatable bonds is 6. The van der Waals surface area contributed by atoms with Crippen LogP contribution in [0, 0.1) is 6.92 Å². The summed E-state index contributed by atoms with van der Waals surface area (Å²) in [7, 11) is -3.47. The lowest BCUT2D eigenvalue weighted by atomic mass is 10.2. The Balaban J connectivity index is 1.57. The molecule has 0 bridgehead atoms. The van der Waals surface area contributed by atoms with Crippen LogP contribution in [0.1, 0.15) is 24.8 Å². The van der Waals surface area contributed by atoms with E-state index in [1.54, 1.807) is 30.3 Å². The molecule has 1 aliphatic heterocycles. The van der Waals surface area contributed by atoms with Crippen LogP contribution in [0.5, 0.6) is 5.75 Å². The van der Waals surface area contributed by atoms with Crippen molar-refractivity contribution >= 4 is 33.2 Å². The highest BCUT2D eigenvalue weighted by Crippen LogP contribution is 2.23. The van der Waals surface area contributed by atoms with Crippen LogP contribution in [0.25, 0.3) is 0 Å². The van der Waals surface area contributed by atoms with Crippen molar-refractivity contribution in [2.24, 2.45) is 0 Å². The summed E-state index contributed by atoms with van der Waals surface area (Å²) in [6.45, 7) is 2.79. The van der Waals surface area contributed by atoms with Gasteiger partial charge in [0.25, 0.3) is 5.91 Å². The van der Waals surface area contributed by atoms with Gasteiger partial charge < -0.3 is 10.1 Å². The Morgan fingerprint density at radius 3 is 2.43 bits per heavy atom. The molecule has 0 aliphatic carbocycles. The highest BCUT2D eigenvalue weighted by molar-refractivity contribution is 7.89. The lowest BCUT2D eigenvalue weighted by Gasteiger charge is -2.25. The molecular formula is C20H23ClN2O4S. The average molecular weight is 423 g/mol. The SMILES string of the molecule is Cc1cc(Cl)ccc1NC(=O)COc1ccc(S(=O)(=O)N2CCCCC2)cc1. The van der Waals surface area contributed by atoms with E-state index in [4.69, 9.17) is 16.3 Å². The number of benzene rings is 2. The first kappa shape index (κ1) is 20.6. The summed E-state index contributed by atoms with van der Waals surface area (Å²) < 4.78 is 32.3. The second kappa shape index (κ2) is 8.94. The van der Waals surface area contributed by atoms with Crippen LogP contribution in [0.4, 0.5) is 5.69 Å². The molecule has 0 aromatic heterocycles. The minimum absolute atomic E-state index is 0.180. The van der Waals surface area contributed by atoms with E-state index < -0.39 is 10.0 Å². The third kappa shape index (κ3) is 5.04. The number of sulfonamides is 1. The zero-order valence-corrected chi connectivity index (χ0v) is 17.2. The van der Waals surface area contributed by atoms with E-state index in [1.807, 2.05) is 6.92 Å². The Bertz CT molecular complexity index is 939. The van der Waals surface area contributed by atoms with Gasteiger partial charge in [0.1, 0.15) is 5.75 Å². The largest absolute Gasteiger partial charge is 0.484 e. The Morgan fingerprint density at radius 1 is 1.11 bits per heavy atom. The zero-order chi connectivity index (χ0) is 20.1. The standard InChI is InChI=1S/C20H23ClN2O4S/c1-15-13-16(21)5-10-19(15)22-20(24)14-27-17-6-8-18(9-7-17)28(25,26)23-11-3-2-4-12-23/h5-10,13H,2-4,11-12,14H2,1H3,(H,22,24). The summed E-state index contributed by atoms with van der Waals surface area (Å²) >= 11 is 5.91. The summed E-state index contributed by atoms with van der Waals surface area (Å²) in [4.78, 5) is 12.3. The van der Waals surface area contributed by atoms with Gasteiger partial charge in [-0.05, 0) is 67.8 Å². The molecule has 0 radical (unpaired) electrons. The fraction of sp³-hybridized carbons (Fsp3) is 0.350. The highest BCUT2D eigenvalue weighted by Gasteiger charge is 2.25. The van der Waals surface area contributed by atoms with Crippen LogP contribution in [0.3, 0.4) is 0 Å². The molecule has 0 unspecified atom stereocenters. The molecule has 1 saturated heterocycles. The summed E-state index contributed by atoms with van der Waals surface area (Å²) in [6, 6.07) is 11.4. The quantitative estimate of drug-likeness (QED) is 0.767. The maximum atomic E-state index is 12.6. The van der Waals surface area contributed by atoms with Crippen molar-refractivity contribution in [3.63, 3.8) is 0 Å². The van der Waals surface area contributed by atoms with E-state index in [0.717, 1.165) is 24.8 Å². The molecule has 6 nitrogen and oxygen atoms in total. The van der Waals surface area contributed by atoms with Gasteiger partial charge in [-0.1, -0.05) is 18.0 Å². The zero-order valence-electron chi connectivity index (χ0n) is 15.7. The maximum absolute atomic E-state index is 12.6. The summed E-state index contributed by atoms with van der Waals surface area (Å²) in [6.07, 6.45) is 2.85. The molecule has 1 amide bonds. The van der Waals surface area contributed by atoms with Crippen molar-refractivity contribution in [2.45, 2.75) is 31.1 Å². The van der Waals surface area contributed by atoms with Gasteiger partial charge in [0.05, 0.1) is 4.90 Å². The molecule has 2 aromatic rings. The molecule has 1 heterocycles. The van der Waals surface area contributed by atoms with Gasteiger partial charge in [0.15, 0.2) is 6.61 Å². The van der Waals surface area contributed by atoms with Crippen LogP contribution in [0.15, 0.2) is 47.4 Å². The molecular weight excluding hydrogens is 400 g/mol. The van der Waals surface area contributed by atoms with Gasteiger partial charge in [-0.3, -0.25) is 4.79 Å². The van der Waals surface area contributed by atoms with Crippen molar-refractivity contribution < 1.29 is 17.9 Å². The molecule has 150 valence electrons. The summed E-state index contributed by atoms with van der Waals surface area (Å²) in [5.41, 5.74) is 1.52. The number of anilines is 1. The molecule has 1 aliphatic rings. The van der Waals surface area contributed by atoms with Gasteiger partial charge >= 0.3 is 0 Å². The lowest BCUT2D eigenvalue weighted by molar-refractivity contribution is -0.118. The minimum atomic E-state index is -3.47. The van der Waals surface area contributed by atoms with Gasteiger partial charge in [0.2, 0.25) is 10.0 Å². The van der Waals surface area contributed by atoms with E-state index in [9.17, 15) is 13.2 Å². The van der Waals surface area contributed by atoms with E-state index in [2.05, 4.69) is 5.32 Å². The van der Waals surface area contributed by atoms with Crippen molar-refractivity contribution in [3.05, 3.63) is 53.1 Å². The monoisotopic (exact) mass is 422 g/mol. The molecule has 28 heavy (non-hydrogen) atoms. The van der Waals surface area contributed by atoms with Gasteiger partial charge in [-0.25, -0.2) is 8.42 Å². The van der Waals surface area contributed by atoms with Crippen LogP contribution in [-0.4, -0.2) is 38.3 Å². The van der Waals surface area contributed by atoms with Crippen LogP contribution < -0.4 is 10.1 Å². The number of ether oxygens (including phenoxy) is 1. The first-order valence-electron chi connectivity index (χ1n) is 9.15. The average Bonchev–Trinajstić information content (AvgIpc) is 2.69. The Morgan fingerprint density at radius 2 is 1.79 bits per heavy atom. The molecule has 8 heteroatoms. The van der Waals surface area contributed by atoms with E-state index in [-0.39, 0.29) is 17.4 Å². The summed E-state index contributed by atoms with van der Waals surface area (Å²) in [5.74, 6) is 0.121. The minimum Gasteiger partial charge on any atom is -0.484 e. The number of aryl methyl sites for hydroxylation is 1. The number of carbonyl (C=O) groups is 1. The predicted molar refractivity (Wildman–Crippen MR) is 109 cm³/mol. The molecule has 3 rings (SSSR count). The van der Waals surface area contributed by atoms with Crippen molar-refractivity contribution in [1.29, 1.82) is 0 Å². The van der Waals surface area contributed by atoms with Crippen molar-refractivity contribution in [1.82, 2.24) is 4.31 Å². The van der Waals surface area contributed by atoms with Gasteiger partial charge in [-0.15, -0.1) is 0 Å². The Hall–Kier alpha value is -2.09. The van der Waals surface area contributed by atoms with Gasteiger partial charge in [0, 0.05) is 23.8 Å². The van der Waals surface area contributed by atoms with Crippen molar-refractivity contribution in [3.8, 4) is 5.75 Å². The number of nitrogens with one attached hydrogen (secondary N) is 1. The number of hydrogen-bond acceptors (Lipinski definition) is 4. The normalized spacial score (nSPS) is 15.2. The number of hydrogen-bond donors (Lipinski definition) is 1. The topological polar surface area (TPSA) is 75.7 Å². The third-order valence-electron chi connectivity index (χ3n) is 4.61. The van der Waals surface area contributed by atoms with Crippen LogP contribution >= 0.6 is 11.6 Å². The van der Waals surface area contributed by atoms with E-state index >= 15 is 0 Å².